The maximum atomic E-state index is 14.1. The van der Waals surface area contributed by atoms with Crippen LogP contribution < -0.4 is 15.5 Å². The summed E-state index contributed by atoms with van der Waals surface area (Å²) in [5.41, 5.74) is 0.986. The zero-order valence-electron chi connectivity index (χ0n) is 13.4. The number of nitrogens with one attached hydrogen (secondary N) is 2. The van der Waals surface area contributed by atoms with Gasteiger partial charge in [0.1, 0.15) is 5.82 Å². The van der Waals surface area contributed by atoms with E-state index in [1.54, 1.807) is 12.1 Å². The van der Waals surface area contributed by atoms with E-state index in [0.29, 0.717) is 17.9 Å². The van der Waals surface area contributed by atoms with Gasteiger partial charge in [0.25, 0.3) is 0 Å². The number of hydrogen-bond acceptors (Lipinski definition) is 2. The predicted octanol–water partition coefficient (Wildman–Crippen LogP) is 3.98. The summed E-state index contributed by atoms with van der Waals surface area (Å²) >= 11 is 0. The van der Waals surface area contributed by atoms with E-state index >= 15 is 0 Å². The molecule has 1 rings (SSSR count). The van der Waals surface area contributed by atoms with Gasteiger partial charge in [-0.1, -0.05) is 19.8 Å². The van der Waals surface area contributed by atoms with Gasteiger partial charge in [-0.05, 0) is 38.5 Å². The van der Waals surface area contributed by atoms with Crippen molar-refractivity contribution in [2.75, 3.05) is 23.8 Å². The topological polar surface area (TPSA) is 44.4 Å². The van der Waals surface area contributed by atoms with Gasteiger partial charge in [0.15, 0.2) is 0 Å². The Bertz CT molecular complexity index is 463. The Morgan fingerprint density at radius 2 is 2.05 bits per heavy atom. The quantitative estimate of drug-likeness (QED) is 0.747. The highest BCUT2D eigenvalue weighted by Crippen LogP contribution is 2.23. The first-order chi connectivity index (χ1) is 9.95. The van der Waals surface area contributed by atoms with Crippen LogP contribution in [-0.4, -0.2) is 25.7 Å². The van der Waals surface area contributed by atoms with E-state index < -0.39 is 0 Å². The van der Waals surface area contributed by atoms with E-state index in [1.165, 1.54) is 6.07 Å². The molecule has 0 radical (unpaired) electrons. The Morgan fingerprint density at radius 1 is 1.33 bits per heavy atom. The van der Waals surface area contributed by atoms with E-state index in [9.17, 15) is 9.18 Å². The molecule has 1 aromatic rings. The zero-order chi connectivity index (χ0) is 15.8. The minimum atomic E-state index is -0.338. The van der Waals surface area contributed by atoms with Crippen LogP contribution >= 0.6 is 0 Å². The zero-order valence-corrected chi connectivity index (χ0v) is 13.4. The minimum absolute atomic E-state index is 0.208. The number of rotatable bonds is 7. The Labute approximate surface area is 126 Å². The lowest BCUT2D eigenvalue weighted by Crippen LogP contribution is -2.30. The molecule has 2 amide bonds. The van der Waals surface area contributed by atoms with E-state index in [4.69, 9.17) is 0 Å². The molecule has 0 unspecified atom stereocenters. The van der Waals surface area contributed by atoms with Gasteiger partial charge in [0.2, 0.25) is 0 Å². The van der Waals surface area contributed by atoms with Gasteiger partial charge in [-0.3, -0.25) is 0 Å². The smallest absolute Gasteiger partial charge is 0.319 e. The van der Waals surface area contributed by atoms with Crippen molar-refractivity contribution in [3.63, 3.8) is 0 Å². The van der Waals surface area contributed by atoms with E-state index in [0.717, 1.165) is 19.3 Å². The Balaban J connectivity index is 2.57. The Kier molecular flexibility index (Phi) is 6.99. The molecule has 1 aromatic carbocycles. The molecule has 0 spiro atoms. The van der Waals surface area contributed by atoms with Crippen molar-refractivity contribution in [2.24, 2.45) is 0 Å². The van der Waals surface area contributed by atoms with Crippen LogP contribution in [-0.2, 0) is 0 Å². The van der Waals surface area contributed by atoms with Crippen molar-refractivity contribution in [1.29, 1.82) is 0 Å². The highest BCUT2D eigenvalue weighted by Gasteiger charge is 2.11. The highest BCUT2D eigenvalue weighted by molar-refractivity contribution is 5.89. The third-order valence-corrected chi connectivity index (χ3v) is 3.43. The third kappa shape index (κ3) is 5.61. The monoisotopic (exact) mass is 295 g/mol. The first-order valence-corrected chi connectivity index (χ1v) is 7.53. The first kappa shape index (κ1) is 17.3. The number of nitrogens with zero attached hydrogens (tertiary/aromatic N) is 1. The molecule has 0 saturated carbocycles. The summed E-state index contributed by atoms with van der Waals surface area (Å²) in [4.78, 5) is 13.5. The second kappa shape index (κ2) is 8.49. The number of halogens is 1. The highest BCUT2D eigenvalue weighted by atomic mass is 19.1. The van der Waals surface area contributed by atoms with Crippen LogP contribution in [0.25, 0.3) is 0 Å². The van der Waals surface area contributed by atoms with Crippen molar-refractivity contribution in [3.05, 3.63) is 24.0 Å². The summed E-state index contributed by atoms with van der Waals surface area (Å²) in [5, 5.41) is 5.40. The van der Waals surface area contributed by atoms with Gasteiger partial charge < -0.3 is 15.5 Å². The minimum Gasteiger partial charge on any atom is -0.370 e. The number of benzene rings is 1. The summed E-state index contributed by atoms with van der Waals surface area (Å²) in [7, 11) is 1.84. The van der Waals surface area contributed by atoms with Crippen LogP contribution in [0.4, 0.5) is 20.6 Å². The van der Waals surface area contributed by atoms with Crippen LogP contribution in [0.1, 0.15) is 40.0 Å². The molecule has 0 aliphatic rings. The van der Waals surface area contributed by atoms with E-state index in [-0.39, 0.29) is 17.9 Å². The number of carbonyl (C=O) groups excluding carboxylic acids is 1. The summed E-state index contributed by atoms with van der Waals surface area (Å²) in [6.45, 7) is 6.74. The summed E-state index contributed by atoms with van der Waals surface area (Å²) in [6, 6.07) is 4.65. The molecule has 0 aliphatic carbocycles. The lowest BCUT2D eigenvalue weighted by molar-refractivity contribution is 0.252. The van der Waals surface area contributed by atoms with Crippen molar-refractivity contribution >= 4 is 17.4 Å². The molecule has 0 atom stereocenters. The fourth-order valence-corrected chi connectivity index (χ4v) is 1.90. The number of hydrogen-bond donors (Lipinski definition) is 2. The Morgan fingerprint density at radius 3 is 2.62 bits per heavy atom. The second-order valence-electron chi connectivity index (χ2n) is 5.46. The molecule has 0 fully saturated rings. The second-order valence-corrected chi connectivity index (χ2v) is 5.46. The molecule has 5 heteroatoms. The van der Waals surface area contributed by atoms with Gasteiger partial charge in [-0.15, -0.1) is 0 Å². The lowest BCUT2D eigenvalue weighted by atomic mass is 10.2. The van der Waals surface area contributed by atoms with E-state index in [1.807, 2.05) is 25.8 Å². The standard InChI is InChI=1S/C16H26FN3O/c1-5-6-7-10-18-16(21)19-13-8-9-15(14(17)11-13)20(4)12(2)3/h8-9,11-12H,5-7,10H2,1-4H3,(H2,18,19,21). The molecule has 4 nitrogen and oxygen atoms in total. The third-order valence-electron chi connectivity index (χ3n) is 3.43. The number of unbranched alkanes of at least 4 members (excludes halogenated alkanes) is 2. The van der Waals surface area contributed by atoms with Crippen LogP contribution in [0.15, 0.2) is 18.2 Å². The molecule has 0 aromatic heterocycles. The van der Waals surface area contributed by atoms with Gasteiger partial charge in [0.05, 0.1) is 5.69 Å². The molecular formula is C16H26FN3O. The number of urea groups is 1. The molecule has 118 valence electrons. The van der Waals surface area contributed by atoms with Crippen molar-refractivity contribution < 1.29 is 9.18 Å². The lowest BCUT2D eigenvalue weighted by Gasteiger charge is -2.24. The molecule has 21 heavy (non-hydrogen) atoms. The average Bonchev–Trinajstić information content (AvgIpc) is 2.43. The fourth-order valence-electron chi connectivity index (χ4n) is 1.90. The van der Waals surface area contributed by atoms with Crippen LogP contribution in [0.2, 0.25) is 0 Å². The average molecular weight is 295 g/mol. The van der Waals surface area contributed by atoms with Gasteiger partial charge in [0, 0.05) is 25.3 Å². The first-order valence-electron chi connectivity index (χ1n) is 7.53. The molecule has 2 N–H and O–H groups in total. The van der Waals surface area contributed by atoms with Crippen LogP contribution in [0.3, 0.4) is 0 Å². The normalized spacial score (nSPS) is 10.6. The van der Waals surface area contributed by atoms with E-state index in [2.05, 4.69) is 17.6 Å². The number of anilines is 2. The van der Waals surface area contributed by atoms with Crippen LogP contribution in [0, 0.1) is 5.82 Å². The molecule has 0 heterocycles. The van der Waals surface area contributed by atoms with Crippen molar-refractivity contribution in [3.8, 4) is 0 Å². The predicted molar refractivity (Wildman–Crippen MR) is 86.5 cm³/mol. The summed E-state index contributed by atoms with van der Waals surface area (Å²) in [5.74, 6) is -0.338. The Hall–Kier alpha value is -1.78. The number of amides is 2. The SMILES string of the molecule is CCCCCNC(=O)Nc1ccc(N(C)C(C)C)c(F)c1. The summed E-state index contributed by atoms with van der Waals surface area (Å²) in [6.07, 6.45) is 3.15. The van der Waals surface area contributed by atoms with Gasteiger partial charge in [-0.2, -0.15) is 0 Å². The largest absolute Gasteiger partial charge is 0.370 e. The number of carbonyl (C=O) groups is 1. The van der Waals surface area contributed by atoms with Gasteiger partial charge >= 0.3 is 6.03 Å². The van der Waals surface area contributed by atoms with Crippen LogP contribution in [0.5, 0.6) is 0 Å². The van der Waals surface area contributed by atoms with Crippen molar-refractivity contribution in [1.82, 2.24) is 5.32 Å². The molecule has 0 saturated heterocycles. The van der Waals surface area contributed by atoms with Crippen molar-refractivity contribution in [2.45, 2.75) is 46.1 Å². The maximum absolute atomic E-state index is 14.1. The fraction of sp³-hybridized carbons (Fsp3) is 0.562. The molecular weight excluding hydrogens is 269 g/mol. The molecule has 0 aliphatic heterocycles. The van der Waals surface area contributed by atoms with Gasteiger partial charge in [-0.25, -0.2) is 9.18 Å². The maximum Gasteiger partial charge on any atom is 0.319 e. The summed E-state index contributed by atoms with van der Waals surface area (Å²) < 4.78 is 14.1. The molecule has 0 bridgehead atoms.